The maximum Gasteiger partial charge on any atom is 0.311 e. The van der Waals surface area contributed by atoms with Gasteiger partial charge in [-0.05, 0) is 19.4 Å². The van der Waals surface area contributed by atoms with Crippen LogP contribution in [-0.4, -0.2) is 32.2 Å². The molecule has 2 aromatic rings. The van der Waals surface area contributed by atoms with Crippen LogP contribution in [0.1, 0.15) is 13.3 Å². The molecule has 7 heteroatoms. The molecule has 0 fully saturated rings. The number of nitrogens with zero attached hydrogens (tertiary/aromatic N) is 2. The lowest BCUT2D eigenvalue weighted by Crippen LogP contribution is -2.19. The van der Waals surface area contributed by atoms with Gasteiger partial charge in [-0.1, -0.05) is 18.2 Å². The number of aromatic nitrogens is 1. The Balaban J connectivity index is 2.37. The molecule has 2 unspecified atom stereocenters. The van der Waals surface area contributed by atoms with Crippen LogP contribution in [0.15, 0.2) is 30.5 Å². The minimum Gasteiger partial charge on any atom is -0.376 e. The van der Waals surface area contributed by atoms with Crippen molar-refractivity contribution < 1.29 is 9.13 Å². The molecule has 0 saturated carbocycles. The fourth-order valence-electron chi connectivity index (χ4n) is 2.08. The molecule has 2 atom stereocenters. The lowest BCUT2D eigenvalue weighted by Gasteiger charge is -2.16. The number of rotatable bonds is 6. The van der Waals surface area contributed by atoms with Gasteiger partial charge in [-0.15, -0.1) is 0 Å². The Labute approximate surface area is 125 Å². The first-order valence-electron chi connectivity index (χ1n) is 6.57. The molecular formula is C14H17N3O3S. The van der Waals surface area contributed by atoms with Crippen LogP contribution >= 0.6 is 0 Å². The SMILES string of the molecule is CC(CCS(C)=O)Nc1c([N+](=O)[O-])cnc2ccccc12. The smallest absolute Gasteiger partial charge is 0.311 e. The van der Waals surface area contributed by atoms with Gasteiger partial charge < -0.3 is 5.32 Å². The van der Waals surface area contributed by atoms with Gasteiger partial charge in [0.15, 0.2) is 0 Å². The van der Waals surface area contributed by atoms with Crippen molar-refractivity contribution in [2.75, 3.05) is 17.3 Å². The second kappa shape index (κ2) is 6.62. The molecule has 112 valence electrons. The molecule has 2 rings (SSSR count). The van der Waals surface area contributed by atoms with Crippen molar-refractivity contribution in [2.24, 2.45) is 0 Å². The van der Waals surface area contributed by atoms with E-state index in [1.54, 1.807) is 6.26 Å². The predicted octanol–water partition coefficient (Wildman–Crippen LogP) is 2.71. The second-order valence-electron chi connectivity index (χ2n) is 4.90. The van der Waals surface area contributed by atoms with Crippen molar-refractivity contribution in [3.05, 3.63) is 40.6 Å². The summed E-state index contributed by atoms with van der Waals surface area (Å²) in [4.78, 5) is 14.9. The summed E-state index contributed by atoms with van der Waals surface area (Å²) in [5, 5.41) is 15.1. The van der Waals surface area contributed by atoms with Crippen LogP contribution in [0.5, 0.6) is 0 Å². The lowest BCUT2D eigenvalue weighted by atomic mass is 10.1. The number of anilines is 1. The Bertz CT molecular complexity index is 690. The molecule has 1 aromatic heterocycles. The normalized spacial score (nSPS) is 13.8. The number of hydrogen-bond acceptors (Lipinski definition) is 5. The Morgan fingerprint density at radius 2 is 2.14 bits per heavy atom. The molecule has 0 amide bonds. The zero-order chi connectivity index (χ0) is 15.4. The third kappa shape index (κ3) is 3.75. The number of pyridine rings is 1. The number of benzene rings is 1. The van der Waals surface area contributed by atoms with E-state index in [9.17, 15) is 14.3 Å². The van der Waals surface area contributed by atoms with Gasteiger partial charge in [0.2, 0.25) is 0 Å². The van der Waals surface area contributed by atoms with Crippen LogP contribution in [0.25, 0.3) is 10.9 Å². The standard InChI is InChI=1S/C14H17N3O3S/c1-10(7-8-21(2)20)16-14-11-5-3-4-6-12(11)15-9-13(14)17(18)19/h3-6,9-10H,7-8H2,1-2H3,(H,15,16). The summed E-state index contributed by atoms with van der Waals surface area (Å²) in [5.74, 6) is 0.560. The van der Waals surface area contributed by atoms with Gasteiger partial charge in [0.25, 0.3) is 0 Å². The first-order chi connectivity index (χ1) is 9.99. The first-order valence-corrected chi connectivity index (χ1v) is 8.30. The van der Waals surface area contributed by atoms with Gasteiger partial charge in [-0.2, -0.15) is 0 Å². The maximum atomic E-state index is 11.2. The third-order valence-corrected chi connectivity index (χ3v) is 3.99. The highest BCUT2D eigenvalue weighted by molar-refractivity contribution is 7.84. The Kier molecular flexibility index (Phi) is 4.85. The average Bonchev–Trinajstić information content (AvgIpc) is 2.45. The summed E-state index contributed by atoms with van der Waals surface area (Å²) in [6.07, 6.45) is 3.60. The average molecular weight is 307 g/mol. The summed E-state index contributed by atoms with van der Waals surface area (Å²) in [5.41, 5.74) is 1.13. The van der Waals surface area contributed by atoms with Crippen LogP contribution < -0.4 is 5.32 Å². The fourth-order valence-corrected chi connectivity index (χ4v) is 2.77. The van der Waals surface area contributed by atoms with Crippen LogP contribution in [0.4, 0.5) is 11.4 Å². The van der Waals surface area contributed by atoms with E-state index in [4.69, 9.17) is 0 Å². The molecule has 0 radical (unpaired) electrons. The molecule has 0 aliphatic heterocycles. The van der Waals surface area contributed by atoms with E-state index < -0.39 is 15.7 Å². The molecule has 0 saturated heterocycles. The fraction of sp³-hybridized carbons (Fsp3) is 0.357. The van der Waals surface area contributed by atoms with Crippen LogP contribution in [-0.2, 0) is 10.8 Å². The number of nitro groups is 1. The number of fused-ring (bicyclic) bond motifs is 1. The summed E-state index contributed by atoms with van der Waals surface area (Å²) in [6, 6.07) is 7.27. The molecule has 0 aliphatic carbocycles. The third-order valence-electron chi connectivity index (χ3n) is 3.18. The maximum absolute atomic E-state index is 11.2. The molecule has 1 aromatic carbocycles. The zero-order valence-electron chi connectivity index (χ0n) is 11.9. The van der Waals surface area contributed by atoms with E-state index in [2.05, 4.69) is 10.3 Å². The van der Waals surface area contributed by atoms with Gasteiger partial charge in [0.1, 0.15) is 11.9 Å². The van der Waals surface area contributed by atoms with Crippen LogP contribution in [0.3, 0.4) is 0 Å². The summed E-state index contributed by atoms with van der Waals surface area (Å²) >= 11 is 0. The Morgan fingerprint density at radius 3 is 2.81 bits per heavy atom. The number of nitrogens with one attached hydrogen (secondary N) is 1. The molecule has 6 nitrogen and oxygen atoms in total. The van der Waals surface area contributed by atoms with E-state index in [-0.39, 0.29) is 11.7 Å². The molecule has 0 aliphatic rings. The number of hydrogen-bond donors (Lipinski definition) is 1. The number of para-hydroxylation sites is 1. The van der Waals surface area contributed by atoms with Crippen molar-refractivity contribution in [3.8, 4) is 0 Å². The van der Waals surface area contributed by atoms with E-state index >= 15 is 0 Å². The topological polar surface area (TPSA) is 85.1 Å². The predicted molar refractivity (Wildman–Crippen MR) is 85.0 cm³/mol. The lowest BCUT2D eigenvalue weighted by molar-refractivity contribution is -0.384. The molecule has 1 heterocycles. The van der Waals surface area contributed by atoms with Gasteiger partial charge in [-0.25, -0.2) is 4.98 Å². The highest BCUT2D eigenvalue weighted by Crippen LogP contribution is 2.32. The van der Waals surface area contributed by atoms with E-state index in [0.717, 1.165) is 5.39 Å². The minimum absolute atomic E-state index is 0.0154. The van der Waals surface area contributed by atoms with Crippen molar-refractivity contribution in [1.82, 2.24) is 4.98 Å². The minimum atomic E-state index is -0.872. The summed E-state index contributed by atoms with van der Waals surface area (Å²) < 4.78 is 11.2. The van der Waals surface area contributed by atoms with Gasteiger partial charge >= 0.3 is 5.69 Å². The quantitative estimate of drug-likeness (QED) is 0.655. The molecular weight excluding hydrogens is 290 g/mol. The van der Waals surface area contributed by atoms with Gasteiger partial charge in [-0.3, -0.25) is 14.3 Å². The molecule has 0 bridgehead atoms. The van der Waals surface area contributed by atoms with Gasteiger partial charge in [0.05, 0.1) is 10.4 Å². The highest BCUT2D eigenvalue weighted by atomic mass is 32.2. The summed E-state index contributed by atoms with van der Waals surface area (Å²) in [6.45, 7) is 1.92. The van der Waals surface area contributed by atoms with Crippen molar-refractivity contribution in [2.45, 2.75) is 19.4 Å². The van der Waals surface area contributed by atoms with Crippen LogP contribution in [0, 0.1) is 10.1 Å². The van der Waals surface area contributed by atoms with Crippen LogP contribution in [0.2, 0.25) is 0 Å². The Hall–Kier alpha value is -2.02. The highest BCUT2D eigenvalue weighted by Gasteiger charge is 2.19. The largest absolute Gasteiger partial charge is 0.376 e. The summed E-state index contributed by atoms with van der Waals surface area (Å²) in [7, 11) is -0.872. The first kappa shape index (κ1) is 15.4. The zero-order valence-corrected chi connectivity index (χ0v) is 12.7. The molecule has 0 spiro atoms. The second-order valence-corrected chi connectivity index (χ2v) is 6.46. The van der Waals surface area contributed by atoms with Crippen molar-refractivity contribution >= 4 is 33.1 Å². The van der Waals surface area contributed by atoms with Crippen molar-refractivity contribution in [3.63, 3.8) is 0 Å². The molecule has 1 N–H and O–H groups in total. The van der Waals surface area contributed by atoms with E-state index in [1.807, 2.05) is 31.2 Å². The van der Waals surface area contributed by atoms with E-state index in [1.165, 1.54) is 6.20 Å². The van der Waals surface area contributed by atoms with E-state index in [0.29, 0.717) is 23.4 Å². The van der Waals surface area contributed by atoms with Crippen molar-refractivity contribution in [1.29, 1.82) is 0 Å². The monoisotopic (exact) mass is 307 g/mol. The van der Waals surface area contributed by atoms with Gasteiger partial charge in [0, 0.05) is 34.2 Å². The molecule has 21 heavy (non-hydrogen) atoms. The Morgan fingerprint density at radius 1 is 1.43 bits per heavy atom.